The van der Waals surface area contributed by atoms with Crippen LogP contribution in [0, 0.1) is 5.92 Å². The highest BCUT2D eigenvalue weighted by Gasteiger charge is 2.23. The van der Waals surface area contributed by atoms with E-state index in [2.05, 4.69) is 37.9 Å². The Kier molecular flexibility index (Phi) is 6.37. The number of hydrogen-bond acceptors (Lipinski definition) is 2. The van der Waals surface area contributed by atoms with Crippen molar-refractivity contribution in [1.82, 2.24) is 10.2 Å². The van der Waals surface area contributed by atoms with E-state index in [0.717, 1.165) is 25.0 Å². The summed E-state index contributed by atoms with van der Waals surface area (Å²) in [6.45, 7) is 12.7. The molecule has 0 heterocycles. The lowest BCUT2D eigenvalue weighted by molar-refractivity contribution is 0.155. The van der Waals surface area contributed by atoms with Gasteiger partial charge in [0.25, 0.3) is 0 Å². The summed E-state index contributed by atoms with van der Waals surface area (Å²) >= 11 is 0. The molecule has 2 heteroatoms. The predicted molar refractivity (Wildman–Crippen MR) is 71.8 cm³/mol. The number of nitrogens with one attached hydrogen (secondary N) is 1. The van der Waals surface area contributed by atoms with E-state index in [9.17, 15) is 0 Å². The molecular weight excluding hydrogens is 196 g/mol. The van der Waals surface area contributed by atoms with E-state index in [0.29, 0.717) is 6.04 Å². The first kappa shape index (κ1) is 14.0. The van der Waals surface area contributed by atoms with E-state index in [4.69, 9.17) is 0 Å². The SMILES string of the molecule is CC(C)CNCCN(C(C)C)C1CCCC1. The van der Waals surface area contributed by atoms with Crippen molar-refractivity contribution in [2.24, 2.45) is 5.92 Å². The van der Waals surface area contributed by atoms with Crippen molar-refractivity contribution in [2.75, 3.05) is 19.6 Å². The first-order valence-electron chi connectivity index (χ1n) is 7.07. The highest BCUT2D eigenvalue weighted by molar-refractivity contribution is 4.80. The van der Waals surface area contributed by atoms with E-state index in [-0.39, 0.29) is 0 Å². The van der Waals surface area contributed by atoms with Crippen LogP contribution in [0.1, 0.15) is 53.4 Å². The van der Waals surface area contributed by atoms with Crippen LogP contribution in [0.5, 0.6) is 0 Å². The van der Waals surface area contributed by atoms with E-state index < -0.39 is 0 Å². The fourth-order valence-electron chi connectivity index (χ4n) is 2.70. The van der Waals surface area contributed by atoms with Gasteiger partial charge in [0.2, 0.25) is 0 Å². The standard InChI is InChI=1S/C14H30N2/c1-12(2)11-15-9-10-16(13(3)4)14-7-5-6-8-14/h12-15H,5-11H2,1-4H3. The summed E-state index contributed by atoms with van der Waals surface area (Å²) in [5, 5.41) is 3.55. The van der Waals surface area contributed by atoms with Crippen LogP contribution in [0.4, 0.5) is 0 Å². The third-order valence-corrected chi connectivity index (χ3v) is 3.56. The molecule has 1 aliphatic rings. The lowest BCUT2D eigenvalue weighted by atomic mass is 10.1. The molecule has 1 aliphatic carbocycles. The second-order valence-corrected chi connectivity index (χ2v) is 5.87. The topological polar surface area (TPSA) is 15.3 Å². The Morgan fingerprint density at radius 2 is 1.75 bits per heavy atom. The van der Waals surface area contributed by atoms with Gasteiger partial charge in [-0.25, -0.2) is 0 Å². The zero-order valence-electron chi connectivity index (χ0n) is 11.6. The Balaban J connectivity index is 2.22. The fraction of sp³-hybridized carbons (Fsp3) is 1.00. The molecule has 1 rings (SSSR count). The highest BCUT2D eigenvalue weighted by atomic mass is 15.2. The summed E-state index contributed by atoms with van der Waals surface area (Å²) in [6.07, 6.45) is 5.71. The van der Waals surface area contributed by atoms with Crippen molar-refractivity contribution in [3.05, 3.63) is 0 Å². The molecule has 0 atom stereocenters. The maximum atomic E-state index is 3.55. The van der Waals surface area contributed by atoms with Gasteiger partial charge in [0, 0.05) is 25.2 Å². The third kappa shape index (κ3) is 4.84. The van der Waals surface area contributed by atoms with Gasteiger partial charge in [-0.3, -0.25) is 4.90 Å². The largest absolute Gasteiger partial charge is 0.315 e. The van der Waals surface area contributed by atoms with Crippen molar-refractivity contribution >= 4 is 0 Å². The molecule has 0 unspecified atom stereocenters. The summed E-state index contributed by atoms with van der Waals surface area (Å²) < 4.78 is 0. The molecule has 0 spiro atoms. The predicted octanol–water partition coefficient (Wildman–Crippen LogP) is 2.89. The molecule has 1 fully saturated rings. The Morgan fingerprint density at radius 1 is 1.12 bits per heavy atom. The van der Waals surface area contributed by atoms with Crippen LogP contribution >= 0.6 is 0 Å². The molecule has 0 aromatic carbocycles. The molecule has 16 heavy (non-hydrogen) atoms. The van der Waals surface area contributed by atoms with Gasteiger partial charge >= 0.3 is 0 Å². The van der Waals surface area contributed by atoms with E-state index in [1.165, 1.54) is 32.2 Å². The number of nitrogens with zero attached hydrogens (tertiary/aromatic N) is 1. The van der Waals surface area contributed by atoms with Crippen molar-refractivity contribution in [3.8, 4) is 0 Å². The maximum Gasteiger partial charge on any atom is 0.0112 e. The Bertz CT molecular complexity index is 172. The van der Waals surface area contributed by atoms with Gasteiger partial charge in [-0.15, -0.1) is 0 Å². The van der Waals surface area contributed by atoms with Crippen molar-refractivity contribution in [1.29, 1.82) is 0 Å². The summed E-state index contributed by atoms with van der Waals surface area (Å²) in [5.74, 6) is 0.763. The van der Waals surface area contributed by atoms with Gasteiger partial charge < -0.3 is 5.32 Å². The Labute approximate surface area is 102 Å². The first-order valence-corrected chi connectivity index (χ1v) is 7.07. The molecule has 2 nitrogen and oxygen atoms in total. The quantitative estimate of drug-likeness (QED) is 0.672. The highest BCUT2D eigenvalue weighted by Crippen LogP contribution is 2.24. The summed E-state index contributed by atoms with van der Waals surface area (Å²) in [5.41, 5.74) is 0. The molecule has 1 N–H and O–H groups in total. The maximum absolute atomic E-state index is 3.55. The van der Waals surface area contributed by atoms with Gasteiger partial charge in [-0.1, -0.05) is 26.7 Å². The van der Waals surface area contributed by atoms with E-state index in [1.54, 1.807) is 0 Å². The van der Waals surface area contributed by atoms with Crippen LogP contribution in [-0.2, 0) is 0 Å². The molecule has 0 aromatic heterocycles. The molecule has 0 radical (unpaired) electrons. The molecule has 0 amide bonds. The van der Waals surface area contributed by atoms with Gasteiger partial charge in [0.15, 0.2) is 0 Å². The molecule has 0 saturated heterocycles. The third-order valence-electron chi connectivity index (χ3n) is 3.56. The van der Waals surface area contributed by atoms with Gasteiger partial charge in [-0.05, 0) is 39.2 Å². The van der Waals surface area contributed by atoms with Gasteiger partial charge in [0.1, 0.15) is 0 Å². The average molecular weight is 226 g/mol. The van der Waals surface area contributed by atoms with Gasteiger partial charge in [0.05, 0.1) is 0 Å². The van der Waals surface area contributed by atoms with Gasteiger partial charge in [-0.2, -0.15) is 0 Å². The summed E-state index contributed by atoms with van der Waals surface area (Å²) in [7, 11) is 0. The smallest absolute Gasteiger partial charge is 0.0112 e. The zero-order valence-corrected chi connectivity index (χ0v) is 11.6. The summed E-state index contributed by atoms with van der Waals surface area (Å²) in [6, 6.07) is 1.56. The van der Waals surface area contributed by atoms with Crippen LogP contribution in [0.2, 0.25) is 0 Å². The van der Waals surface area contributed by atoms with Crippen LogP contribution in [0.15, 0.2) is 0 Å². The summed E-state index contributed by atoms with van der Waals surface area (Å²) in [4.78, 5) is 2.69. The van der Waals surface area contributed by atoms with E-state index in [1.807, 2.05) is 0 Å². The molecule has 0 aliphatic heterocycles. The van der Waals surface area contributed by atoms with Crippen LogP contribution in [0.25, 0.3) is 0 Å². The lowest BCUT2D eigenvalue weighted by Crippen LogP contribution is -2.43. The zero-order chi connectivity index (χ0) is 12.0. The first-order chi connectivity index (χ1) is 7.61. The van der Waals surface area contributed by atoms with Crippen molar-refractivity contribution in [2.45, 2.75) is 65.5 Å². The number of rotatable bonds is 7. The molecule has 0 bridgehead atoms. The van der Waals surface area contributed by atoms with Crippen LogP contribution < -0.4 is 5.32 Å². The fourth-order valence-corrected chi connectivity index (χ4v) is 2.70. The monoisotopic (exact) mass is 226 g/mol. The van der Waals surface area contributed by atoms with Crippen molar-refractivity contribution < 1.29 is 0 Å². The number of hydrogen-bond donors (Lipinski definition) is 1. The minimum atomic E-state index is 0.698. The molecular formula is C14H30N2. The minimum absolute atomic E-state index is 0.698. The molecule has 96 valence electrons. The van der Waals surface area contributed by atoms with E-state index >= 15 is 0 Å². The lowest BCUT2D eigenvalue weighted by Gasteiger charge is -2.32. The average Bonchev–Trinajstić information content (AvgIpc) is 2.69. The Morgan fingerprint density at radius 3 is 2.25 bits per heavy atom. The van der Waals surface area contributed by atoms with Crippen LogP contribution in [0.3, 0.4) is 0 Å². The second-order valence-electron chi connectivity index (χ2n) is 5.87. The normalized spacial score (nSPS) is 18.2. The Hall–Kier alpha value is -0.0800. The van der Waals surface area contributed by atoms with Crippen molar-refractivity contribution in [3.63, 3.8) is 0 Å². The second kappa shape index (κ2) is 7.29. The molecule has 1 saturated carbocycles. The molecule has 0 aromatic rings. The van der Waals surface area contributed by atoms with Crippen LogP contribution in [-0.4, -0.2) is 36.6 Å². The minimum Gasteiger partial charge on any atom is -0.315 e.